The largest absolute Gasteiger partial charge is 0.469 e. The van der Waals surface area contributed by atoms with Crippen LogP contribution in [0.25, 0.3) is 0 Å². The third kappa shape index (κ3) is 4.72. The van der Waals surface area contributed by atoms with E-state index in [0.29, 0.717) is 6.29 Å². The van der Waals surface area contributed by atoms with Crippen molar-refractivity contribution in [3.05, 3.63) is 34.4 Å². The van der Waals surface area contributed by atoms with E-state index < -0.39 is 49.0 Å². The van der Waals surface area contributed by atoms with Gasteiger partial charge in [0.1, 0.15) is 6.29 Å². The summed E-state index contributed by atoms with van der Waals surface area (Å²) in [5.74, 6) is -1.35. The molecule has 1 aromatic rings. The van der Waals surface area contributed by atoms with Gasteiger partial charge in [-0.15, -0.1) is 0 Å². The molecule has 1 saturated heterocycles. The number of carbonyl (C=O) groups excluding carboxylic acids is 2. The van der Waals surface area contributed by atoms with Gasteiger partial charge in [0.2, 0.25) is 10.0 Å². The second kappa shape index (κ2) is 8.33. The van der Waals surface area contributed by atoms with Gasteiger partial charge in [-0.1, -0.05) is 12.1 Å². The van der Waals surface area contributed by atoms with Crippen LogP contribution >= 0.6 is 0 Å². The van der Waals surface area contributed by atoms with Crippen LogP contribution in [0.3, 0.4) is 0 Å². The average molecular weight is 413 g/mol. The number of rotatable bonds is 7. The molecule has 0 unspecified atom stereocenters. The predicted octanol–water partition coefficient (Wildman–Crippen LogP) is 0.714. The number of ether oxygens (including phenoxy) is 1. The highest BCUT2D eigenvalue weighted by Gasteiger charge is 2.41. The Hall–Kier alpha value is -2.37. The zero-order valence-corrected chi connectivity index (χ0v) is 16.6. The summed E-state index contributed by atoms with van der Waals surface area (Å²) in [6, 6.07) is 4.52. The lowest BCUT2D eigenvalue weighted by molar-refractivity contribution is -0.387. The minimum absolute atomic E-state index is 0.0425. The number of carbonyl (C=O) groups is 2. The molecule has 0 aliphatic carbocycles. The van der Waals surface area contributed by atoms with E-state index in [1.54, 1.807) is 13.8 Å². The first-order valence-corrected chi connectivity index (χ1v) is 10.0. The van der Waals surface area contributed by atoms with Crippen molar-refractivity contribution in [2.75, 3.05) is 20.2 Å². The number of piperidine rings is 1. The fourth-order valence-corrected chi connectivity index (χ4v) is 4.91. The fraction of sp³-hybridized carbons (Fsp3) is 0.529. The summed E-state index contributed by atoms with van der Waals surface area (Å²) < 4.78 is 32.0. The van der Waals surface area contributed by atoms with Gasteiger partial charge in [0.05, 0.1) is 23.5 Å². The van der Waals surface area contributed by atoms with Crippen molar-refractivity contribution in [2.24, 2.45) is 5.92 Å². The minimum Gasteiger partial charge on any atom is -0.469 e. The number of nitro groups is 1. The van der Waals surface area contributed by atoms with Gasteiger partial charge in [-0.05, 0) is 26.3 Å². The van der Waals surface area contributed by atoms with Crippen LogP contribution in [0.15, 0.2) is 29.2 Å². The van der Waals surface area contributed by atoms with E-state index in [1.807, 2.05) is 0 Å². The molecule has 154 valence electrons. The number of methoxy groups -OCH3 is 1. The van der Waals surface area contributed by atoms with Gasteiger partial charge in [-0.3, -0.25) is 14.9 Å². The molecule has 0 amide bonds. The van der Waals surface area contributed by atoms with Crippen molar-refractivity contribution < 1.29 is 27.7 Å². The molecule has 2 atom stereocenters. The number of hydrogen-bond donors (Lipinski definition) is 1. The molecule has 28 heavy (non-hydrogen) atoms. The maximum Gasteiger partial charge on any atom is 0.310 e. The number of esters is 1. The SMILES string of the molecule is COC(=O)[C@H]1C[C@@H](NC(C)(C)C=O)CN(S(=O)(=O)c2ccccc2[N+](=O)[O-])C1. The van der Waals surface area contributed by atoms with Crippen molar-refractivity contribution in [1.82, 2.24) is 9.62 Å². The number of nitro benzene ring substituents is 1. The topological polar surface area (TPSA) is 136 Å². The maximum atomic E-state index is 13.1. The summed E-state index contributed by atoms with van der Waals surface area (Å²) in [5.41, 5.74) is -1.47. The molecule has 0 aromatic heterocycles. The quantitative estimate of drug-likeness (QED) is 0.299. The van der Waals surface area contributed by atoms with Crippen LogP contribution < -0.4 is 5.32 Å². The summed E-state index contributed by atoms with van der Waals surface area (Å²) in [4.78, 5) is 33.4. The standard InChI is InChI=1S/C17H23N3O7S/c1-17(2,11-21)18-13-8-12(16(22)27-3)9-19(10-13)28(25,26)15-7-5-4-6-14(15)20(23)24/h4-7,11-13,18H,8-10H2,1-3H3/t12-,13+/m0/s1. The van der Waals surface area contributed by atoms with E-state index in [0.717, 1.165) is 16.4 Å². The van der Waals surface area contributed by atoms with E-state index in [2.05, 4.69) is 5.32 Å². The molecule has 0 spiro atoms. The number of sulfonamides is 1. The minimum atomic E-state index is -4.25. The Labute approximate surface area is 163 Å². The summed E-state index contributed by atoms with van der Waals surface area (Å²) >= 11 is 0. The number of para-hydroxylation sites is 1. The van der Waals surface area contributed by atoms with Crippen LogP contribution in [0.1, 0.15) is 20.3 Å². The van der Waals surface area contributed by atoms with Gasteiger partial charge in [-0.25, -0.2) is 8.42 Å². The first-order chi connectivity index (χ1) is 13.0. The molecule has 0 radical (unpaired) electrons. The third-order valence-corrected chi connectivity index (χ3v) is 6.38. The summed E-state index contributed by atoms with van der Waals surface area (Å²) in [6.07, 6.45) is 0.961. The molecule has 1 fully saturated rings. The van der Waals surface area contributed by atoms with E-state index in [1.165, 1.54) is 19.2 Å². The van der Waals surface area contributed by atoms with Crippen LogP contribution in [0.4, 0.5) is 5.69 Å². The molecule has 1 aliphatic heterocycles. The first kappa shape index (κ1) is 21.9. The zero-order chi connectivity index (χ0) is 21.1. The van der Waals surface area contributed by atoms with Gasteiger partial charge >= 0.3 is 5.97 Å². The van der Waals surface area contributed by atoms with Crippen LogP contribution in [-0.2, 0) is 24.3 Å². The highest BCUT2D eigenvalue weighted by Crippen LogP contribution is 2.30. The van der Waals surface area contributed by atoms with Gasteiger partial charge in [0.15, 0.2) is 4.90 Å². The van der Waals surface area contributed by atoms with Crippen molar-refractivity contribution in [1.29, 1.82) is 0 Å². The molecule has 0 bridgehead atoms. The average Bonchev–Trinajstić information content (AvgIpc) is 2.66. The number of nitrogens with one attached hydrogen (secondary N) is 1. The Morgan fingerprint density at radius 1 is 1.36 bits per heavy atom. The number of aldehydes is 1. The van der Waals surface area contributed by atoms with Crippen LogP contribution in [0.2, 0.25) is 0 Å². The van der Waals surface area contributed by atoms with E-state index in [9.17, 15) is 28.1 Å². The van der Waals surface area contributed by atoms with Gasteiger partial charge in [0, 0.05) is 25.2 Å². The lowest BCUT2D eigenvalue weighted by atomic mass is 9.93. The fourth-order valence-electron chi connectivity index (χ4n) is 3.22. The monoisotopic (exact) mass is 413 g/mol. The Morgan fingerprint density at radius 2 is 2.00 bits per heavy atom. The molecule has 1 aliphatic rings. The Kier molecular flexibility index (Phi) is 6.52. The van der Waals surface area contributed by atoms with Crippen LogP contribution in [-0.4, -0.2) is 61.7 Å². The van der Waals surface area contributed by atoms with E-state index in [4.69, 9.17) is 4.74 Å². The van der Waals surface area contributed by atoms with Crippen molar-refractivity contribution >= 4 is 28.0 Å². The Morgan fingerprint density at radius 3 is 2.57 bits per heavy atom. The maximum absolute atomic E-state index is 13.1. The third-order valence-electron chi connectivity index (χ3n) is 4.50. The Balaban J connectivity index is 2.42. The zero-order valence-electron chi connectivity index (χ0n) is 15.8. The first-order valence-electron chi connectivity index (χ1n) is 8.57. The number of hydrogen-bond acceptors (Lipinski definition) is 8. The molecule has 1 heterocycles. The van der Waals surface area contributed by atoms with Crippen LogP contribution in [0, 0.1) is 16.0 Å². The van der Waals surface area contributed by atoms with Gasteiger partial charge in [0.25, 0.3) is 5.69 Å². The molecule has 1 aromatic carbocycles. The van der Waals surface area contributed by atoms with Gasteiger partial charge in [-0.2, -0.15) is 4.31 Å². The number of benzene rings is 1. The highest BCUT2D eigenvalue weighted by molar-refractivity contribution is 7.89. The molecular weight excluding hydrogens is 390 g/mol. The van der Waals surface area contributed by atoms with Crippen molar-refractivity contribution in [3.8, 4) is 0 Å². The predicted molar refractivity (Wildman–Crippen MR) is 99.0 cm³/mol. The molecule has 10 nitrogen and oxygen atoms in total. The van der Waals surface area contributed by atoms with Crippen molar-refractivity contribution in [2.45, 2.75) is 36.7 Å². The summed E-state index contributed by atoms with van der Waals surface area (Å²) in [5, 5.41) is 14.3. The summed E-state index contributed by atoms with van der Waals surface area (Å²) in [7, 11) is -3.05. The smallest absolute Gasteiger partial charge is 0.310 e. The Bertz CT molecular complexity index is 869. The molecule has 1 N–H and O–H groups in total. The van der Waals surface area contributed by atoms with E-state index >= 15 is 0 Å². The molecule has 11 heteroatoms. The highest BCUT2D eigenvalue weighted by atomic mass is 32.2. The lowest BCUT2D eigenvalue weighted by Gasteiger charge is -2.38. The summed E-state index contributed by atoms with van der Waals surface area (Å²) in [6.45, 7) is 3.05. The molecule has 0 saturated carbocycles. The normalized spacial score (nSPS) is 21.1. The molecule has 2 rings (SSSR count). The second-order valence-corrected chi connectivity index (χ2v) is 9.09. The lowest BCUT2D eigenvalue weighted by Crippen LogP contribution is -2.57. The van der Waals surface area contributed by atoms with Gasteiger partial charge < -0.3 is 14.8 Å². The van der Waals surface area contributed by atoms with Crippen molar-refractivity contribution in [3.63, 3.8) is 0 Å². The van der Waals surface area contributed by atoms with E-state index in [-0.39, 0.29) is 19.5 Å². The van der Waals surface area contributed by atoms with Crippen LogP contribution in [0.5, 0.6) is 0 Å². The second-order valence-electron chi connectivity index (χ2n) is 7.18. The number of nitrogens with zero attached hydrogens (tertiary/aromatic N) is 2. The molecular formula is C17H23N3O7S.